The highest BCUT2D eigenvalue weighted by Gasteiger charge is 2.16. The fourth-order valence-electron chi connectivity index (χ4n) is 3.31. The molecule has 0 aliphatic rings. The summed E-state index contributed by atoms with van der Waals surface area (Å²) < 4.78 is 0. The second-order valence-electron chi connectivity index (χ2n) is 7.01. The molecular weight excluding hydrogens is 376 g/mol. The number of thiazole rings is 1. The summed E-state index contributed by atoms with van der Waals surface area (Å²) >= 11 is 1.71. The van der Waals surface area contributed by atoms with Crippen LogP contribution in [0.5, 0.6) is 0 Å². The minimum Gasteiger partial charge on any atom is -0.294 e. The Balaban J connectivity index is 1.70. The number of ketones is 1. The number of hydrogen-bond donors (Lipinski definition) is 0. The standard InChI is InChI=1S/C25H22N2OS/c1-3-23-27-24(19-11-7-8-17(2)14-19)25(29-23)20-12-13-26-21(15-20)16-22(28)18-9-5-4-6-10-18/h4-15H,3,16H2,1-2H3. The summed E-state index contributed by atoms with van der Waals surface area (Å²) in [4.78, 5) is 23.0. The van der Waals surface area contributed by atoms with Gasteiger partial charge in [-0.1, -0.05) is 61.0 Å². The summed E-state index contributed by atoms with van der Waals surface area (Å²) in [5.74, 6) is 0.0766. The molecule has 0 bridgehead atoms. The van der Waals surface area contributed by atoms with E-state index in [0.717, 1.165) is 38.8 Å². The molecule has 144 valence electrons. The number of aromatic nitrogens is 2. The summed E-state index contributed by atoms with van der Waals surface area (Å²) in [5, 5.41) is 1.11. The van der Waals surface area contributed by atoms with Crippen molar-refractivity contribution in [3.05, 3.63) is 94.8 Å². The molecule has 0 fully saturated rings. The van der Waals surface area contributed by atoms with Crippen LogP contribution in [0.4, 0.5) is 0 Å². The number of carbonyl (C=O) groups is 1. The predicted octanol–water partition coefficient (Wildman–Crippen LogP) is 6.17. The molecule has 0 unspecified atom stereocenters. The van der Waals surface area contributed by atoms with Gasteiger partial charge < -0.3 is 0 Å². The Labute approximate surface area is 175 Å². The first-order valence-electron chi connectivity index (χ1n) is 9.74. The lowest BCUT2D eigenvalue weighted by Gasteiger charge is -2.06. The Bertz CT molecular complexity index is 1150. The monoisotopic (exact) mass is 398 g/mol. The number of carbonyl (C=O) groups excluding carboxylic acids is 1. The molecule has 0 aliphatic heterocycles. The summed E-state index contributed by atoms with van der Waals surface area (Å²) in [6.45, 7) is 4.22. The van der Waals surface area contributed by atoms with Crippen molar-refractivity contribution in [3.8, 4) is 21.7 Å². The molecule has 0 aliphatic carbocycles. The molecule has 0 atom stereocenters. The van der Waals surface area contributed by atoms with Gasteiger partial charge >= 0.3 is 0 Å². The van der Waals surface area contributed by atoms with Crippen LogP contribution in [0, 0.1) is 6.92 Å². The van der Waals surface area contributed by atoms with Crippen LogP contribution in [0.3, 0.4) is 0 Å². The van der Waals surface area contributed by atoms with Crippen molar-refractivity contribution >= 4 is 17.1 Å². The molecule has 3 nitrogen and oxygen atoms in total. The number of aryl methyl sites for hydroxylation is 2. The molecular formula is C25H22N2OS. The number of benzene rings is 2. The summed E-state index contributed by atoms with van der Waals surface area (Å²) in [7, 11) is 0. The van der Waals surface area contributed by atoms with Crippen molar-refractivity contribution in [3.63, 3.8) is 0 Å². The van der Waals surface area contributed by atoms with E-state index in [-0.39, 0.29) is 12.2 Å². The van der Waals surface area contributed by atoms with Crippen molar-refractivity contribution in [2.45, 2.75) is 26.7 Å². The van der Waals surface area contributed by atoms with Gasteiger partial charge in [-0.3, -0.25) is 9.78 Å². The number of nitrogens with zero attached hydrogens (tertiary/aromatic N) is 2. The SMILES string of the molecule is CCc1nc(-c2cccc(C)c2)c(-c2ccnc(CC(=O)c3ccccc3)c2)s1. The Kier molecular flexibility index (Phi) is 5.63. The fourth-order valence-corrected chi connectivity index (χ4v) is 4.33. The number of rotatable bonds is 6. The van der Waals surface area contributed by atoms with Crippen LogP contribution in [0.15, 0.2) is 72.9 Å². The zero-order valence-electron chi connectivity index (χ0n) is 16.6. The lowest BCUT2D eigenvalue weighted by atomic mass is 10.0. The summed E-state index contributed by atoms with van der Waals surface area (Å²) in [6.07, 6.45) is 2.97. The second-order valence-corrected chi connectivity index (χ2v) is 8.09. The molecule has 2 aromatic heterocycles. The third-order valence-corrected chi connectivity index (χ3v) is 6.03. The van der Waals surface area contributed by atoms with Gasteiger partial charge in [0, 0.05) is 23.0 Å². The zero-order chi connectivity index (χ0) is 20.2. The Morgan fingerprint density at radius 2 is 1.79 bits per heavy atom. The van der Waals surface area contributed by atoms with Crippen molar-refractivity contribution < 1.29 is 4.79 Å². The molecule has 0 radical (unpaired) electrons. The summed E-state index contributed by atoms with van der Waals surface area (Å²) in [5.41, 5.74) is 5.88. The Morgan fingerprint density at radius 3 is 2.55 bits per heavy atom. The number of pyridine rings is 1. The molecule has 0 saturated heterocycles. The third-order valence-electron chi connectivity index (χ3n) is 4.78. The van der Waals surface area contributed by atoms with E-state index in [1.54, 1.807) is 17.5 Å². The molecule has 4 aromatic rings. The average molecular weight is 399 g/mol. The maximum Gasteiger partial charge on any atom is 0.168 e. The lowest BCUT2D eigenvalue weighted by Crippen LogP contribution is -2.04. The largest absolute Gasteiger partial charge is 0.294 e. The fraction of sp³-hybridized carbons (Fsp3) is 0.160. The van der Waals surface area contributed by atoms with E-state index in [0.29, 0.717) is 5.56 Å². The first-order valence-corrected chi connectivity index (χ1v) is 10.6. The highest BCUT2D eigenvalue weighted by Crippen LogP contribution is 2.37. The molecule has 4 rings (SSSR count). The van der Waals surface area contributed by atoms with Gasteiger partial charge in [0.05, 0.1) is 22.0 Å². The minimum atomic E-state index is 0.0766. The van der Waals surface area contributed by atoms with Crippen molar-refractivity contribution in [1.82, 2.24) is 9.97 Å². The molecule has 4 heteroatoms. The van der Waals surface area contributed by atoms with E-state index in [1.807, 2.05) is 42.5 Å². The van der Waals surface area contributed by atoms with E-state index in [2.05, 4.69) is 43.1 Å². The second kappa shape index (κ2) is 8.50. The minimum absolute atomic E-state index is 0.0766. The van der Waals surface area contributed by atoms with Crippen molar-refractivity contribution in [2.75, 3.05) is 0 Å². The molecule has 2 aromatic carbocycles. The molecule has 2 heterocycles. The maximum atomic E-state index is 12.6. The van der Waals surface area contributed by atoms with Gasteiger partial charge in [0.15, 0.2) is 5.78 Å². The molecule has 0 spiro atoms. The normalized spacial score (nSPS) is 10.8. The van der Waals surface area contributed by atoms with Gasteiger partial charge in [0.1, 0.15) is 0 Å². The maximum absolute atomic E-state index is 12.6. The van der Waals surface area contributed by atoms with E-state index in [1.165, 1.54) is 5.56 Å². The quantitative estimate of drug-likeness (QED) is 0.365. The molecule has 0 N–H and O–H groups in total. The van der Waals surface area contributed by atoms with Crippen molar-refractivity contribution in [1.29, 1.82) is 0 Å². The first kappa shape index (κ1) is 19.2. The van der Waals surface area contributed by atoms with E-state index < -0.39 is 0 Å². The van der Waals surface area contributed by atoms with Crippen LogP contribution in [-0.2, 0) is 12.8 Å². The average Bonchev–Trinajstić information content (AvgIpc) is 3.19. The highest BCUT2D eigenvalue weighted by atomic mass is 32.1. The summed E-state index contributed by atoms with van der Waals surface area (Å²) in [6, 6.07) is 21.8. The van der Waals surface area contributed by atoms with Crippen LogP contribution in [0.2, 0.25) is 0 Å². The number of Topliss-reactive ketones (excluding diaryl/α,β-unsaturated/α-hetero) is 1. The molecule has 0 amide bonds. The van der Waals surface area contributed by atoms with Crippen LogP contribution in [0.1, 0.15) is 33.5 Å². The molecule has 29 heavy (non-hydrogen) atoms. The van der Waals surface area contributed by atoms with Gasteiger partial charge in [-0.25, -0.2) is 4.98 Å². The smallest absolute Gasteiger partial charge is 0.168 e. The van der Waals surface area contributed by atoms with E-state index >= 15 is 0 Å². The Morgan fingerprint density at radius 1 is 0.966 bits per heavy atom. The highest BCUT2D eigenvalue weighted by molar-refractivity contribution is 7.15. The predicted molar refractivity (Wildman–Crippen MR) is 119 cm³/mol. The van der Waals surface area contributed by atoms with Gasteiger partial charge in [-0.2, -0.15) is 0 Å². The van der Waals surface area contributed by atoms with Gasteiger partial charge in [0.25, 0.3) is 0 Å². The van der Waals surface area contributed by atoms with Crippen molar-refractivity contribution in [2.24, 2.45) is 0 Å². The first-order chi connectivity index (χ1) is 14.1. The van der Waals surface area contributed by atoms with Crippen LogP contribution in [0.25, 0.3) is 21.7 Å². The number of hydrogen-bond acceptors (Lipinski definition) is 4. The van der Waals surface area contributed by atoms with Gasteiger partial charge in [0.2, 0.25) is 0 Å². The van der Waals surface area contributed by atoms with Crippen LogP contribution < -0.4 is 0 Å². The van der Waals surface area contributed by atoms with Gasteiger partial charge in [-0.15, -0.1) is 11.3 Å². The third kappa shape index (κ3) is 4.33. The van der Waals surface area contributed by atoms with E-state index in [4.69, 9.17) is 4.98 Å². The van der Waals surface area contributed by atoms with Crippen LogP contribution >= 0.6 is 11.3 Å². The van der Waals surface area contributed by atoms with Gasteiger partial charge in [-0.05, 0) is 37.1 Å². The van der Waals surface area contributed by atoms with Crippen LogP contribution in [-0.4, -0.2) is 15.8 Å². The molecule has 0 saturated carbocycles. The van der Waals surface area contributed by atoms with E-state index in [9.17, 15) is 4.79 Å². The lowest BCUT2D eigenvalue weighted by molar-refractivity contribution is 0.0992. The zero-order valence-corrected chi connectivity index (χ0v) is 17.4. The Hall–Kier alpha value is -3.11. The topological polar surface area (TPSA) is 42.9 Å².